The molecule has 0 unspecified atom stereocenters. The predicted molar refractivity (Wildman–Crippen MR) is 291 cm³/mol. The summed E-state index contributed by atoms with van der Waals surface area (Å²) in [5.74, 6) is 3.35. The molecule has 2 aromatic heterocycles. The fourth-order valence-corrected chi connectivity index (χ4v) is 24.8. The van der Waals surface area contributed by atoms with E-state index in [4.69, 9.17) is 38.2 Å². The van der Waals surface area contributed by atoms with E-state index < -0.39 is 25.5 Å². The molecule has 0 aliphatic carbocycles. The largest absolute Gasteiger partial charge is 0.583 e. The van der Waals surface area contributed by atoms with Gasteiger partial charge in [0.25, 0.3) is 0 Å². The van der Waals surface area contributed by atoms with Crippen molar-refractivity contribution >= 4 is 103 Å². The summed E-state index contributed by atoms with van der Waals surface area (Å²) in [6, 6.07) is 75.8. The second-order valence-corrected chi connectivity index (χ2v) is 28.5. The second kappa shape index (κ2) is 15.9. The summed E-state index contributed by atoms with van der Waals surface area (Å²) in [7, 11) is -11.8. The third-order valence-corrected chi connectivity index (χ3v) is 27.4. The first-order valence-electron chi connectivity index (χ1n) is 23.8. The molecule has 0 atom stereocenters. The molecule has 13 heteroatoms. The third kappa shape index (κ3) is 6.24. The predicted octanol–water partition coefficient (Wildman–Crippen LogP) is 8.18. The van der Waals surface area contributed by atoms with Crippen LogP contribution in [0.4, 0.5) is 11.6 Å². The van der Waals surface area contributed by atoms with Crippen LogP contribution in [0.2, 0.25) is 13.1 Å². The summed E-state index contributed by atoms with van der Waals surface area (Å²) in [4.78, 5) is 33.8. The van der Waals surface area contributed by atoms with E-state index >= 15 is 0 Å². The molecule has 8 aromatic carbocycles. The van der Waals surface area contributed by atoms with Gasteiger partial charge in [-0.3, -0.25) is 8.47 Å². The maximum atomic E-state index is 8.89. The summed E-state index contributed by atoms with van der Waals surface area (Å²) < 4.78 is 22.3. The van der Waals surface area contributed by atoms with Gasteiger partial charge in [-0.2, -0.15) is 0 Å². The van der Waals surface area contributed by atoms with Crippen LogP contribution in [0.25, 0.3) is 21.5 Å². The maximum absolute atomic E-state index is 8.89. The van der Waals surface area contributed by atoms with E-state index in [1.165, 1.54) is 0 Å². The van der Waals surface area contributed by atoms with E-state index in [9.17, 15) is 0 Å². The van der Waals surface area contributed by atoms with Gasteiger partial charge in [-0.1, -0.05) is 218 Å². The van der Waals surface area contributed by atoms with Crippen molar-refractivity contribution in [3.8, 4) is 0 Å². The van der Waals surface area contributed by atoms with Crippen LogP contribution in [0.3, 0.4) is 0 Å². The zero-order valence-corrected chi connectivity index (χ0v) is 41.7. The molecule has 10 nitrogen and oxygen atoms in total. The van der Waals surface area contributed by atoms with Crippen molar-refractivity contribution in [2.75, 3.05) is 0 Å². The lowest BCUT2D eigenvalue weighted by Crippen LogP contribution is -2.77. The minimum atomic E-state index is -4.77. The summed E-state index contributed by atoms with van der Waals surface area (Å²) in [5, 5.41) is 7.69. The number of hydrogen-bond donors (Lipinski definition) is 0. The molecule has 0 N–H and O–H groups in total. The van der Waals surface area contributed by atoms with E-state index in [0.29, 0.717) is 46.0 Å². The van der Waals surface area contributed by atoms with Crippen molar-refractivity contribution < 1.29 is 8.23 Å². The van der Waals surface area contributed by atoms with Gasteiger partial charge in [0.2, 0.25) is 16.6 Å². The number of rotatable bonds is 8. The fourth-order valence-electron chi connectivity index (χ4n) is 10.8. The van der Waals surface area contributed by atoms with Gasteiger partial charge < -0.3 is 8.23 Å². The molecular weight excluding hydrogens is 925 g/mol. The molecule has 71 heavy (non-hydrogen) atoms. The van der Waals surface area contributed by atoms with Gasteiger partial charge >= 0.3 is 8.88 Å². The Morgan fingerprint density at radius 3 is 0.930 bits per heavy atom. The monoisotopic (exact) mass is 966 g/mol. The van der Waals surface area contributed by atoms with E-state index in [1.54, 1.807) is 0 Å². The first-order chi connectivity index (χ1) is 34.9. The quantitative estimate of drug-likeness (QED) is 0.144. The van der Waals surface area contributed by atoms with Crippen LogP contribution in [-0.2, 0) is 8.23 Å². The number of amidine groups is 4. The topological polar surface area (TPSA) is 102 Å². The molecule has 0 saturated heterocycles. The molecule has 14 rings (SSSR count). The SMILES string of the molecule is C[Si](O[Si]1(O[Si](C)(c2ccccc2)c2ccccc2)n2c3c4ccccc4c2/N=C2N=C(/N=c4/c5ccccc5/c(n41)=N/C1=NC(=N\3)/c3ccccc31)c1ccccc1\2)(c1ccccc1)c1ccccc1. The summed E-state index contributed by atoms with van der Waals surface area (Å²) in [6.07, 6.45) is 0. The Morgan fingerprint density at radius 2 is 0.592 bits per heavy atom. The van der Waals surface area contributed by atoms with Gasteiger partial charge in [-0.15, -0.1) is 0 Å². The van der Waals surface area contributed by atoms with Gasteiger partial charge in [0, 0.05) is 43.8 Å². The third-order valence-electron chi connectivity index (χ3n) is 14.3. The van der Waals surface area contributed by atoms with Gasteiger partial charge in [-0.05, 0) is 33.8 Å². The molecule has 6 heterocycles. The number of fused-ring (bicyclic) bond motifs is 14. The van der Waals surface area contributed by atoms with E-state index in [-0.39, 0.29) is 0 Å². The van der Waals surface area contributed by atoms with Crippen LogP contribution in [0.15, 0.2) is 248 Å². The molecule has 4 aliphatic heterocycles. The van der Waals surface area contributed by atoms with E-state index in [0.717, 1.165) is 64.5 Å². The zero-order valence-electron chi connectivity index (χ0n) is 38.7. The molecule has 10 aromatic rings. The number of nitrogens with zero attached hydrogens (tertiary/aromatic N) is 8. The van der Waals surface area contributed by atoms with Crippen molar-refractivity contribution in [1.82, 2.24) is 8.47 Å². The number of aromatic nitrogens is 2. The Bertz CT molecular complexity index is 3760. The highest BCUT2D eigenvalue weighted by molar-refractivity contribution is 7.05. The molecule has 0 fully saturated rings. The van der Waals surface area contributed by atoms with E-state index in [1.807, 2.05) is 24.3 Å². The van der Waals surface area contributed by atoms with Gasteiger partial charge in [0.15, 0.2) is 23.3 Å². The standard InChI is InChI=1S/C58H42N8O2Si3/c1-69(39-23-7-3-8-24-39,40-25-9-4-10-26-40)67-71(68-70(2,41-27-11-5-12-28-41)42-29-13-6-14-30-42)65-55-47-35-19-20-36-48(47)57(65)63-53-45-33-17-18-34-46(45)54(60-53)64-58-50-38-22-21-37-49(50)56(66(58)71)62-52-44-32-16-15-31-43(44)51(59-52)61-55/h3-38H,1-2H3/b61-51-,61-55?,62-52?,62-56-,63-53-,63-57?,64-54?,64-58-. The van der Waals surface area contributed by atoms with Crippen LogP contribution in [0.5, 0.6) is 0 Å². The molecule has 0 amide bonds. The molecule has 338 valence electrons. The number of benzene rings is 8. The minimum absolute atomic E-state index is 0.538. The highest BCUT2D eigenvalue weighted by atomic mass is 28.5. The van der Waals surface area contributed by atoms with Crippen molar-refractivity contribution in [2.24, 2.45) is 30.0 Å². The molecular formula is C58H42N8O2Si3. The molecule has 0 radical (unpaired) electrons. The maximum Gasteiger partial charge on any atom is 0.583 e. The van der Waals surface area contributed by atoms with Gasteiger partial charge in [0.1, 0.15) is 22.6 Å². The van der Waals surface area contributed by atoms with Crippen molar-refractivity contribution in [3.63, 3.8) is 0 Å². The lowest BCUT2D eigenvalue weighted by Gasteiger charge is -2.45. The van der Waals surface area contributed by atoms with Crippen molar-refractivity contribution in [1.29, 1.82) is 0 Å². The zero-order chi connectivity index (χ0) is 47.3. The second-order valence-electron chi connectivity index (χ2n) is 18.4. The molecule has 0 spiro atoms. The minimum Gasteiger partial charge on any atom is -0.395 e. The van der Waals surface area contributed by atoms with Crippen LogP contribution < -0.4 is 31.7 Å². The van der Waals surface area contributed by atoms with E-state index in [2.05, 4.69) is 216 Å². The average Bonchev–Trinajstić information content (AvgIpc) is 4.15. The first kappa shape index (κ1) is 41.6. The normalized spacial score (nSPS) is 17.5. The highest BCUT2D eigenvalue weighted by Gasteiger charge is 2.61. The van der Waals surface area contributed by atoms with Crippen molar-refractivity contribution in [2.45, 2.75) is 13.1 Å². The highest BCUT2D eigenvalue weighted by Crippen LogP contribution is 2.45. The van der Waals surface area contributed by atoms with Gasteiger partial charge in [0.05, 0.1) is 0 Å². The number of aliphatic imine (C=N–C) groups is 4. The Hall–Kier alpha value is -8.31. The van der Waals surface area contributed by atoms with Crippen LogP contribution in [-0.4, -0.2) is 57.3 Å². The smallest absolute Gasteiger partial charge is 0.395 e. The van der Waals surface area contributed by atoms with Crippen LogP contribution in [0, 0.1) is 0 Å². The Labute approximate surface area is 412 Å². The summed E-state index contributed by atoms with van der Waals surface area (Å²) >= 11 is 0. The Morgan fingerprint density at radius 1 is 0.310 bits per heavy atom. The van der Waals surface area contributed by atoms with Crippen LogP contribution in [0.1, 0.15) is 22.3 Å². The number of hydrogen-bond acceptors (Lipinski definition) is 8. The fraction of sp³-hybridized carbons (Fsp3) is 0.0345. The Balaban J connectivity index is 1.28. The Kier molecular flexibility index (Phi) is 9.30. The van der Waals surface area contributed by atoms with Crippen LogP contribution >= 0.6 is 0 Å². The molecule has 6 bridgehead atoms. The summed E-state index contributed by atoms with van der Waals surface area (Å²) in [6.45, 7) is 4.60. The lowest BCUT2D eigenvalue weighted by molar-refractivity contribution is 0.348. The van der Waals surface area contributed by atoms with Crippen molar-refractivity contribution in [3.05, 3.63) is 252 Å². The van der Waals surface area contributed by atoms with Gasteiger partial charge in [-0.25, -0.2) is 30.0 Å². The lowest BCUT2D eigenvalue weighted by atomic mass is 10.1. The molecule has 0 saturated carbocycles. The molecule has 4 aliphatic rings. The first-order valence-corrected chi connectivity index (χ1v) is 30.3. The summed E-state index contributed by atoms with van der Waals surface area (Å²) in [5.41, 5.74) is 4.71. The average molecular weight is 967 g/mol.